The molecule has 2 aromatic carbocycles. The second kappa shape index (κ2) is 14.4. The molecule has 9 heteroatoms. The summed E-state index contributed by atoms with van der Waals surface area (Å²) in [4.78, 5) is 29.9. The fraction of sp³-hybridized carbons (Fsp3) is 0.515. The third-order valence-electron chi connectivity index (χ3n) is 7.80. The lowest BCUT2D eigenvalue weighted by Gasteiger charge is -2.29. The summed E-state index contributed by atoms with van der Waals surface area (Å²) < 4.78 is 23.2. The van der Waals surface area contributed by atoms with Crippen LogP contribution in [0.4, 0.5) is 0 Å². The van der Waals surface area contributed by atoms with Crippen LogP contribution in [0.3, 0.4) is 0 Å². The number of quaternary nitrogens is 1. The monoisotopic (exact) mass is 580 g/mol. The van der Waals surface area contributed by atoms with E-state index < -0.39 is 23.5 Å². The number of amides is 1. The number of carbonyl (C=O) groups excluding carboxylic acids is 2. The highest BCUT2D eigenvalue weighted by Crippen LogP contribution is 2.42. The van der Waals surface area contributed by atoms with Gasteiger partial charge < -0.3 is 33.9 Å². The Morgan fingerprint density at radius 1 is 1.00 bits per heavy atom. The van der Waals surface area contributed by atoms with E-state index in [0.29, 0.717) is 73.9 Å². The number of rotatable bonds is 14. The molecule has 228 valence electrons. The van der Waals surface area contributed by atoms with Gasteiger partial charge in [0, 0.05) is 18.5 Å². The smallest absolute Gasteiger partial charge is 0.295 e. The van der Waals surface area contributed by atoms with Crippen LogP contribution >= 0.6 is 0 Å². The van der Waals surface area contributed by atoms with Gasteiger partial charge in [0.1, 0.15) is 13.2 Å². The predicted molar refractivity (Wildman–Crippen MR) is 158 cm³/mol. The number of carbonyl (C=O) groups is 2. The quantitative estimate of drug-likeness (QED) is 0.208. The molecule has 4 rings (SSSR count). The topological polar surface area (TPSA) is 102 Å². The lowest BCUT2D eigenvalue weighted by molar-refractivity contribution is -0.896. The second-order valence-corrected chi connectivity index (χ2v) is 11.1. The van der Waals surface area contributed by atoms with Crippen LogP contribution in [0.5, 0.6) is 23.0 Å². The number of ether oxygens (including phenoxy) is 4. The number of hydrogen-bond donors (Lipinski definition) is 1. The van der Waals surface area contributed by atoms with E-state index in [4.69, 9.17) is 18.9 Å². The SMILES string of the molecule is CCOc1cc(C2/C(=C(\[O-])c3ccc4c(c3)OCCO4)C(=O)C(=O)N2CCC[NH+](CC)CC)ccc1OCCC(C)C. The number of nitrogens with zero attached hydrogens (tertiary/aromatic N) is 1. The largest absolute Gasteiger partial charge is 0.872 e. The fourth-order valence-corrected chi connectivity index (χ4v) is 5.38. The minimum atomic E-state index is -0.846. The van der Waals surface area contributed by atoms with Gasteiger partial charge in [-0.05, 0) is 68.5 Å². The molecule has 1 unspecified atom stereocenters. The van der Waals surface area contributed by atoms with Crippen LogP contribution < -0.4 is 29.0 Å². The van der Waals surface area contributed by atoms with E-state index in [1.165, 1.54) is 4.90 Å². The molecule has 0 aromatic heterocycles. The highest BCUT2D eigenvalue weighted by atomic mass is 16.6. The zero-order valence-corrected chi connectivity index (χ0v) is 25.5. The first-order valence-corrected chi connectivity index (χ1v) is 15.2. The minimum Gasteiger partial charge on any atom is -0.872 e. The van der Waals surface area contributed by atoms with Crippen molar-refractivity contribution < 1.29 is 38.5 Å². The molecule has 0 radical (unpaired) electrons. The van der Waals surface area contributed by atoms with Crippen molar-refractivity contribution in [3.63, 3.8) is 0 Å². The summed E-state index contributed by atoms with van der Waals surface area (Å²) in [6, 6.07) is 9.44. The maximum Gasteiger partial charge on any atom is 0.295 e. The Hall–Kier alpha value is -3.72. The Labute approximate surface area is 249 Å². The molecule has 1 amide bonds. The molecule has 0 spiro atoms. The summed E-state index contributed by atoms with van der Waals surface area (Å²) in [5, 5.41) is 14.0. The molecule has 42 heavy (non-hydrogen) atoms. The zero-order valence-electron chi connectivity index (χ0n) is 25.5. The highest BCUT2D eigenvalue weighted by Gasteiger charge is 2.44. The molecule has 0 bridgehead atoms. The molecule has 1 fully saturated rings. The lowest BCUT2D eigenvalue weighted by atomic mass is 9.94. The third-order valence-corrected chi connectivity index (χ3v) is 7.80. The Balaban J connectivity index is 1.75. The summed E-state index contributed by atoms with van der Waals surface area (Å²) in [7, 11) is 0. The maximum absolute atomic E-state index is 14.0. The molecule has 0 aliphatic carbocycles. The number of likely N-dealkylation sites (tertiary alicyclic amines) is 1. The molecule has 9 nitrogen and oxygen atoms in total. The molecular weight excluding hydrogens is 536 g/mol. The van der Waals surface area contributed by atoms with Crippen LogP contribution in [0.1, 0.15) is 64.6 Å². The van der Waals surface area contributed by atoms with Crippen LogP contribution in [0.2, 0.25) is 0 Å². The first-order valence-electron chi connectivity index (χ1n) is 15.2. The van der Waals surface area contributed by atoms with E-state index in [-0.39, 0.29) is 11.1 Å². The van der Waals surface area contributed by atoms with E-state index in [0.717, 1.165) is 26.1 Å². The van der Waals surface area contributed by atoms with Crippen molar-refractivity contribution in [3.05, 3.63) is 53.1 Å². The number of benzene rings is 2. The van der Waals surface area contributed by atoms with Crippen molar-refractivity contribution in [1.29, 1.82) is 0 Å². The Kier molecular flexibility index (Phi) is 10.7. The molecule has 1 N–H and O–H groups in total. The number of hydrogen-bond acceptors (Lipinski definition) is 7. The number of Topliss-reactive ketones (excluding diaryl/α,β-unsaturated/α-hetero) is 1. The Morgan fingerprint density at radius 3 is 2.43 bits per heavy atom. The standard InChI is InChI=1S/C33H44N2O7/c1-6-34(7-2)15-9-16-35-30(23-10-12-25(27(20-23)39-8-3)40-17-14-22(4)5)29(32(37)33(35)38)31(36)24-11-13-26-28(21-24)42-19-18-41-26/h10-13,20-22,30,36H,6-9,14-19H2,1-5H3/b31-29+. The Morgan fingerprint density at radius 2 is 1.74 bits per heavy atom. The summed E-state index contributed by atoms with van der Waals surface area (Å²) >= 11 is 0. The van der Waals surface area contributed by atoms with Gasteiger partial charge in [-0.1, -0.05) is 31.7 Å². The average Bonchev–Trinajstić information content (AvgIpc) is 3.24. The van der Waals surface area contributed by atoms with Crippen LogP contribution in [-0.4, -0.2) is 69.2 Å². The van der Waals surface area contributed by atoms with E-state index in [1.54, 1.807) is 35.2 Å². The molecule has 1 atom stereocenters. The maximum atomic E-state index is 14.0. The number of ketones is 1. The Bertz CT molecular complexity index is 1290. The fourth-order valence-electron chi connectivity index (χ4n) is 5.38. The average molecular weight is 581 g/mol. The first kappa shape index (κ1) is 31.2. The van der Waals surface area contributed by atoms with Gasteiger partial charge >= 0.3 is 0 Å². The van der Waals surface area contributed by atoms with E-state index in [1.807, 2.05) is 13.0 Å². The van der Waals surface area contributed by atoms with Crippen molar-refractivity contribution in [2.75, 3.05) is 52.6 Å². The summed E-state index contributed by atoms with van der Waals surface area (Å²) in [5.74, 6) is 0.659. The van der Waals surface area contributed by atoms with Gasteiger partial charge in [-0.2, -0.15) is 0 Å². The van der Waals surface area contributed by atoms with Gasteiger partial charge in [-0.25, -0.2) is 0 Å². The molecule has 2 heterocycles. The minimum absolute atomic E-state index is 0.0669. The van der Waals surface area contributed by atoms with Crippen molar-refractivity contribution in [3.8, 4) is 23.0 Å². The van der Waals surface area contributed by atoms with Crippen LogP contribution in [-0.2, 0) is 9.59 Å². The van der Waals surface area contributed by atoms with Gasteiger partial charge in [0.25, 0.3) is 5.91 Å². The molecule has 2 aliphatic heterocycles. The molecule has 2 aromatic rings. The number of fused-ring (bicyclic) bond motifs is 1. The van der Waals surface area contributed by atoms with Crippen LogP contribution in [0.25, 0.3) is 5.76 Å². The van der Waals surface area contributed by atoms with Gasteiger partial charge in [-0.3, -0.25) is 9.59 Å². The van der Waals surface area contributed by atoms with Gasteiger partial charge in [0.15, 0.2) is 23.0 Å². The van der Waals surface area contributed by atoms with Crippen molar-refractivity contribution in [1.82, 2.24) is 4.90 Å². The lowest BCUT2D eigenvalue weighted by Crippen LogP contribution is -3.11. The molecule has 2 aliphatic rings. The number of nitrogens with one attached hydrogen (secondary N) is 1. The predicted octanol–water partition coefficient (Wildman–Crippen LogP) is 2.82. The van der Waals surface area contributed by atoms with Crippen molar-refractivity contribution in [2.45, 2.75) is 53.5 Å². The molecular formula is C33H44N2O7. The van der Waals surface area contributed by atoms with Crippen LogP contribution in [0, 0.1) is 5.92 Å². The summed E-state index contributed by atoms with van der Waals surface area (Å²) in [6.07, 6.45) is 1.59. The van der Waals surface area contributed by atoms with Gasteiger partial charge in [0.05, 0.1) is 38.9 Å². The van der Waals surface area contributed by atoms with Gasteiger partial charge in [-0.15, -0.1) is 0 Å². The van der Waals surface area contributed by atoms with E-state index in [9.17, 15) is 14.7 Å². The van der Waals surface area contributed by atoms with E-state index in [2.05, 4.69) is 27.7 Å². The zero-order chi connectivity index (χ0) is 30.2. The third kappa shape index (κ3) is 7.01. The highest BCUT2D eigenvalue weighted by molar-refractivity contribution is 6.46. The van der Waals surface area contributed by atoms with Gasteiger partial charge in [0.2, 0.25) is 5.78 Å². The normalized spacial score (nSPS) is 17.8. The summed E-state index contributed by atoms with van der Waals surface area (Å²) in [5.41, 5.74) is 0.834. The second-order valence-electron chi connectivity index (χ2n) is 11.1. The van der Waals surface area contributed by atoms with Crippen molar-refractivity contribution in [2.24, 2.45) is 5.92 Å². The van der Waals surface area contributed by atoms with Crippen LogP contribution in [0.15, 0.2) is 42.0 Å². The van der Waals surface area contributed by atoms with E-state index >= 15 is 0 Å². The first-order chi connectivity index (χ1) is 20.3. The summed E-state index contributed by atoms with van der Waals surface area (Å²) in [6.45, 7) is 15.3. The molecule has 1 saturated heterocycles. The molecule has 0 saturated carbocycles. The van der Waals surface area contributed by atoms with Crippen molar-refractivity contribution >= 4 is 17.4 Å².